The van der Waals surface area contributed by atoms with Crippen LogP contribution in [0.25, 0.3) is 0 Å². The summed E-state index contributed by atoms with van der Waals surface area (Å²) in [5.74, 6) is 4.94. The van der Waals surface area contributed by atoms with E-state index in [1.807, 2.05) is 0 Å². The lowest BCUT2D eigenvalue weighted by atomic mass is 9.43. The van der Waals surface area contributed by atoms with E-state index in [1.54, 1.807) is 0 Å². The van der Waals surface area contributed by atoms with Crippen LogP contribution in [0, 0.1) is 52.3 Å². The average molecular weight is 405 g/mol. The molecule has 168 valence electrons. The van der Waals surface area contributed by atoms with Gasteiger partial charge >= 0.3 is 0 Å². The maximum atomic E-state index is 11.4. The van der Waals surface area contributed by atoms with Crippen LogP contribution in [-0.2, 0) is 0 Å². The highest BCUT2D eigenvalue weighted by molar-refractivity contribution is 5.11. The first-order chi connectivity index (χ1) is 13.7. The molecule has 4 rings (SSSR count). The Kier molecular flexibility index (Phi) is 6.19. The van der Waals surface area contributed by atoms with Crippen molar-refractivity contribution in [3.8, 4) is 0 Å². The zero-order chi connectivity index (χ0) is 21.0. The Morgan fingerprint density at radius 3 is 2.24 bits per heavy atom. The molecular formula is C27H48O2. The van der Waals surface area contributed by atoms with Crippen molar-refractivity contribution in [1.29, 1.82) is 0 Å². The molecule has 0 spiro atoms. The first kappa shape index (κ1) is 22.1. The Morgan fingerprint density at radius 1 is 0.828 bits per heavy atom. The lowest BCUT2D eigenvalue weighted by molar-refractivity contribution is -0.174. The summed E-state index contributed by atoms with van der Waals surface area (Å²) in [6.45, 7) is 12.4. The minimum atomic E-state index is -0.136. The van der Waals surface area contributed by atoms with E-state index in [-0.39, 0.29) is 12.2 Å². The molecule has 0 aromatic carbocycles. The highest BCUT2D eigenvalue weighted by Crippen LogP contribution is 2.68. The second kappa shape index (κ2) is 8.12. The Balaban J connectivity index is 1.50. The lowest BCUT2D eigenvalue weighted by Crippen LogP contribution is -2.58. The van der Waals surface area contributed by atoms with E-state index in [0.29, 0.717) is 28.6 Å². The third-order valence-electron chi connectivity index (χ3n) is 10.9. The molecule has 0 aliphatic heterocycles. The molecule has 4 aliphatic rings. The smallest absolute Gasteiger partial charge is 0.0577 e. The minimum Gasteiger partial charge on any atom is -0.393 e. The summed E-state index contributed by atoms with van der Waals surface area (Å²) in [6, 6.07) is 0. The molecule has 0 bridgehead atoms. The fourth-order valence-electron chi connectivity index (χ4n) is 9.22. The normalized spacial score (nSPS) is 50.7. The van der Waals surface area contributed by atoms with Crippen LogP contribution in [0.5, 0.6) is 0 Å². The summed E-state index contributed by atoms with van der Waals surface area (Å²) in [7, 11) is 0. The maximum Gasteiger partial charge on any atom is 0.0577 e. The van der Waals surface area contributed by atoms with Crippen molar-refractivity contribution in [3.63, 3.8) is 0 Å². The summed E-state index contributed by atoms with van der Waals surface area (Å²) < 4.78 is 0. The van der Waals surface area contributed by atoms with E-state index in [1.165, 1.54) is 51.4 Å². The second-order valence-electron chi connectivity index (χ2n) is 12.8. The predicted octanol–water partition coefficient (Wildman–Crippen LogP) is 6.44. The van der Waals surface area contributed by atoms with E-state index in [4.69, 9.17) is 0 Å². The molecule has 4 aliphatic carbocycles. The Labute approximate surface area is 180 Å². The van der Waals surface area contributed by atoms with Crippen LogP contribution >= 0.6 is 0 Å². The van der Waals surface area contributed by atoms with Crippen LogP contribution in [0.3, 0.4) is 0 Å². The van der Waals surface area contributed by atoms with Crippen molar-refractivity contribution in [1.82, 2.24) is 0 Å². The fourth-order valence-corrected chi connectivity index (χ4v) is 9.22. The Hall–Kier alpha value is -0.0800. The molecule has 0 amide bonds. The standard InChI is InChI=1S/C27H48O2/c1-17(2)7-6-8-18(3)21-9-10-22-25-23(12-14-27(21,22)5)26(4)13-11-20(28)15-19(26)16-24(25)29/h17-25,28-29H,6-16H2,1-5H3/t18?,19-,20?,21?,22?,23?,24+,25?,26-,27+/m0/s1. The van der Waals surface area contributed by atoms with E-state index in [9.17, 15) is 10.2 Å². The van der Waals surface area contributed by atoms with Gasteiger partial charge in [-0.1, -0.05) is 53.9 Å². The second-order valence-corrected chi connectivity index (χ2v) is 12.8. The van der Waals surface area contributed by atoms with Gasteiger partial charge in [-0.25, -0.2) is 0 Å². The van der Waals surface area contributed by atoms with Gasteiger partial charge in [-0.05, 0) is 104 Å². The highest BCUT2D eigenvalue weighted by atomic mass is 16.3. The highest BCUT2D eigenvalue weighted by Gasteiger charge is 2.62. The van der Waals surface area contributed by atoms with Gasteiger partial charge in [0.05, 0.1) is 12.2 Å². The van der Waals surface area contributed by atoms with Gasteiger partial charge in [0.15, 0.2) is 0 Å². The number of hydrogen-bond acceptors (Lipinski definition) is 2. The summed E-state index contributed by atoms with van der Waals surface area (Å²) >= 11 is 0. The van der Waals surface area contributed by atoms with Crippen LogP contribution in [0.4, 0.5) is 0 Å². The first-order valence-electron chi connectivity index (χ1n) is 13.0. The molecule has 0 aromatic rings. The summed E-state index contributed by atoms with van der Waals surface area (Å²) in [5.41, 5.74) is 0.794. The molecule has 29 heavy (non-hydrogen) atoms. The predicted molar refractivity (Wildman–Crippen MR) is 120 cm³/mol. The molecular weight excluding hydrogens is 356 g/mol. The van der Waals surface area contributed by atoms with Crippen LogP contribution in [0.15, 0.2) is 0 Å². The summed E-state index contributed by atoms with van der Waals surface area (Å²) in [6.07, 6.45) is 13.3. The van der Waals surface area contributed by atoms with Gasteiger partial charge in [-0.3, -0.25) is 0 Å². The molecule has 0 radical (unpaired) electrons. The largest absolute Gasteiger partial charge is 0.393 e. The Bertz CT molecular complexity index is 573. The monoisotopic (exact) mass is 404 g/mol. The SMILES string of the molecule is CC(C)CCCC(C)C1CCC2C3C(CC[C@]12C)[C@@]1(C)CCC(O)C[C@H]1C[C@H]3O. The van der Waals surface area contributed by atoms with E-state index < -0.39 is 0 Å². The molecule has 0 heterocycles. The lowest BCUT2D eigenvalue weighted by Gasteiger charge is -2.62. The van der Waals surface area contributed by atoms with E-state index >= 15 is 0 Å². The quantitative estimate of drug-likeness (QED) is 0.553. The number of aliphatic hydroxyl groups is 2. The number of aliphatic hydroxyl groups excluding tert-OH is 2. The van der Waals surface area contributed by atoms with Gasteiger partial charge in [0.1, 0.15) is 0 Å². The van der Waals surface area contributed by atoms with E-state index in [2.05, 4.69) is 34.6 Å². The zero-order valence-corrected chi connectivity index (χ0v) is 19.9. The van der Waals surface area contributed by atoms with Crippen LogP contribution in [-0.4, -0.2) is 22.4 Å². The fraction of sp³-hybridized carbons (Fsp3) is 1.00. The third kappa shape index (κ3) is 3.73. The Morgan fingerprint density at radius 2 is 1.52 bits per heavy atom. The van der Waals surface area contributed by atoms with Crippen molar-refractivity contribution in [3.05, 3.63) is 0 Å². The van der Waals surface area contributed by atoms with Crippen LogP contribution < -0.4 is 0 Å². The van der Waals surface area contributed by atoms with Crippen molar-refractivity contribution in [2.24, 2.45) is 52.3 Å². The average Bonchev–Trinajstić information content (AvgIpc) is 3.00. The molecule has 2 heteroatoms. The van der Waals surface area contributed by atoms with Crippen LogP contribution in [0.1, 0.15) is 105 Å². The summed E-state index contributed by atoms with van der Waals surface area (Å²) in [5, 5.41) is 21.6. The first-order valence-corrected chi connectivity index (χ1v) is 13.0. The summed E-state index contributed by atoms with van der Waals surface area (Å²) in [4.78, 5) is 0. The molecule has 0 aromatic heterocycles. The van der Waals surface area contributed by atoms with Crippen molar-refractivity contribution < 1.29 is 10.2 Å². The van der Waals surface area contributed by atoms with Crippen molar-refractivity contribution in [2.75, 3.05) is 0 Å². The van der Waals surface area contributed by atoms with Gasteiger partial charge < -0.3 is 10.2 Å². The van der Waals surface area contributed by atoms with Gasteiger partial charge in [0.2, 0.25) is 0 Å². The number of rotatable bonds is 5. The van der Waals surface area contributed by atoms with Crippen LogP contribution in [0.2, 0.25) is 0 Å². The molecule has 2 N–H and O–H groups in total. The zero-order valence-electron chi connectivity index (χ0n) is 19.9. The van der Waals surface area contributed by atoms with Gasteiger partial charge in [0, 0.05) is 0 Å². The third-order valence-corrected chi connectivity index (χ3v) is 10.9. The minimum absolute atomic E-state index is 0.131. The maximum absolute atomic E-state index is 11.4. The number of hydrogen-bond donors (Lipinski definition) is 2. The molecule has 2 nitrogen and oxygen atoms in total. The molecule has 10 atom stereocenters. The van der Waals surface area contributed by atoms with Gasteiger partial charge in [-0.2, -0.15) is 0 Å². The van der Waals surface area contributed by atoms with Gasteiger partial charge in [0.25, 0.3) is 0 Å². The molecule has 0 saturated heterocycles. The molecule has 6 unspecified atom stereocenters. The van der Waals surface area contributed by atoms with Gasteiger partial charge in [-0.15, -0.1) is 0 Å². The van der Waals surface area contributed by atoms with E-state index in [0.717, 1.165) is 42.9 Å². The molecule has 4 fully saturated rings. The van der Waals surface area contributed by atoms with Crippen molar-refractivity contribution >= 4 is 0 Å². The molecule has 4 saturated carbocycles. The topological polar surface area (TPSA) is 40.5 Å². The number of fused-ring (bicyclic) bond motifs is 5. The van der Waals surface area contributed by atoms with Crippen molar-refractivity contribution in [2.45, 2.75) is 117 Å².